The van der Waals surface area contributed by atoms with Crippen molar-refractivity contribution >= 4 is 5.69 Å². The lowest BCUT2D eigenvalue weighted by molar-refractivity contribution is 0.665. The smallest absolute Gasteiger partial charge is 0.0393 e. The van der Waals surface area contributed by atoms with Gasteiger partial charge in [-0.3, -0.25) is 0 Å². The van der Waals surface area contributed by atoms with Crippen LogP contribution >= 0.6 is 0 Å². The fourth-order valence-corrected chi connectivity index (χ4v) is 2.35. The highest BCUT2D eigenvalue weighted by Crippen LogP contribution is 2.30. The van der Waals surface area contributed by atoms with Gasteiger partial charge >= 0.3 is 0 Å². The molecule has 94 valence electrons. The molecule has 2 aromatic carbocycles. The Labute approximate surface area is 110 Å². The van der Waals surface area contributed by atoms with Crippen LogP contribution in [-0.2, 0) is 0 Å². The summed E-state index contributed by atoms with van der Waals surface area (Å²) in [6.07, 6.45) is 2.43. The molecule has 1 unspecified atom stereocenters. The van der Waals surface area contributed by atoms with Gasteiger partial charge < -0.3 is 5.73 Å². The molecule has 1 heteroatoms. The largest absolute Gasteiger partial charge is 0.398 e. The van der Waals surface area contributed by atoms with Crippen LogP contribution in [0.3, 0.4) is 0 Å². The van der Waals surface area contributed by atoms with E-state index in [1.165, 1.54) is 24.0 Å². The number of nitrogens with two attached hydrogens (primary N) is 1. The first-order valence-corrected chi connectivity index (χ1v) is 6.67. The van der Waals surface area contributed by atoms with Crippen LogP contribution in [0.25, 0.3) is 11.1 Å². The molecule has 2 N–H and O–H groups in total. The molecule has 0 radical (unpaired) electrons. The number of hydrogen-bond donors (Lipinski definition) is 1. The molecule has 0 saturated heterocycles. The van der Waals surface area contributed by atoms with E-state index < -0.39 is 0 Å². The predicted octanol–water partition coefficient (Wildman–Crippen LogP) is 4.84. The van der Waals surface area contributed by atoms with E-state index in [0.29, 0.717) is 5.92 Å². The third kappa shape index (κ3) is 2.73. The highest BCUT2D eigenvalue weighted by molar-refractivity contribution is 5.76. The van der Waals surface area contributed by atoms with Crippen LogP contribution in [0, 0.1) is 0 Å². The summed E-state index contributed by atoms with van der Waals surface area (Å²) < 4.78 is 0. The molecule has 1 atom stereocenters. The van der Waals surface area contributed by atoms with Gasteiger partial charge in [-0.1, -0.05) is 56.7 Å². The molecule has 0 bridgehead atoms. The summed E-state index contributed by atoms with van der Waals surface area (Å²) in [6.45, 7) is 4.51. The third-order valence-corrected chi connectivity index (χ3v) is 3.45. The first kappa shape index (κ1) is 12.7. The Morgan fingerprint density at radius 3 is 2.44 bits per heavy atom. The van der Waals surface area contributed by atoms with E-state index >= 15 is 0 Å². The Kier molecular flexibility index (Phi) is 4.03. The molecule has 0 spiro atoms. The highest BCUT2D eigenvalue weighted by atomic mass is 14.6. The minimum absolute atomic E-state index is 0.595. The molecule has 0 heterocycles. The lowest BCUT2D eigenvalue weighted by Gasteiger charge is -2.14. The summed E-state index contributed by atoms with van der Waals surface area (Å²) >= 11 is 0. The summed E-state index contributed by atoms with van der Waals surface area (Å²) in [5.74, 6) is 0.595. The van der Waals surface area contributed by atoms with Crippen LogP contribution in [-0.4, -0.2) is 0 Å². The lowest BCUT2D eigenvalue weighted by Crippen LogP contribution is -1.96. The van der Waals surface area contributed by atoms with E-state index in [0.717, 1.165) is 11.3 Å². The molecule has 0 amide bonds. The van der Waals surface area contributed by atoms with E-state index in [1.807, 2.05) is 12.1 Å². The molecule has 0 fully saturated rings. The molecule has 0 aliphatic rings. The van der Waals surface area contributed by atoms with Gasteiger partial charge in [0.2, 0.25) is 0 Å². The number of rotatable bonds is 4. The Morgan fingerprint density at radius 1 is 1.06 bits per heavy atom. The SMILES string of the molecule is CCCC(C)c1ccc(N)c(-c2ccccc2)c1. The summed E-state index contributed by atoms with van der Waals surface area (Å²) in [5, 5.41) is 0. The summed E-state index contributed by atoms with van der Waals surface area (Å²) in [7, 11) is 0. The maximum Gasteiger partial charge on any atom is 0.0393 e. The van der Waals surface area contributed by atoms with Gasteiger partial charge in [-0.15, -0.1) is 0 Å². The van der Waals surface area contributed by atoms with Crippen molar-refractivity contribution in [3.05, 3.63) is 54.1 Å². The van der Waals surface area contributed by atoms with E-state index in [9.17, 15) is 0 Å². The van der Waals surface area contributed by atoms with Crippen molar-refractivity contribution in [1.29, 1.82) is 0 Å². The monoisotopic (exact) mass is 239 g/mol. The van der Waals surface area contributed by atoms with E-state index in [2.05, 4.69) is 50.2 Å². The molecule has 2 aromatic rings. The van der Waals surface area contributed by atoms with Crippen LogP contribution in [0.5, 0.6) is 0 Å². The van der Waals surface area contributed by atoms with Crippen molar-refractivity contribution in [2.75, 3.05) is 5.73 Å². The van der Waals surface area contributed by atoms with Crippen LogP contribution in [0.2, 0.25) is 0 Å². The van der Waals surface area contributed by atoms with Crippen molar-refractivity contribution in [3.63, 3.8) is 0 Å². The zero-order valence-corrected chi connectivity index (χ0v) is 11.2. The van der Waals surface area contributed by atoms with Crippen LogP contribution in [0.1, 0.15) is 38.2 Å². The topological polar surface area (TPSA) is 26.0 Å². The maximum atomic E-state index is 6.10. The van der Waals surface area contributed by atoms with Crippen molar-refractivity contribution in [1.82, 2.24) is 0 Å². The third-order valence-electron chi connectivity index (χ3n) is 3.45. The summed E-state index contributed by atoms with van der Waals surface area (Å²) in [5.41, 5.74) is 10.7. The van der Waals surface area contributed by atoms with Crippen molar-refractivity contribution in [3.8, 4) is 11.1 Å². The molecule has 2 rings (SSSR count). The summed E-state index contributed by atoms with van der Waals surface area (Å²) in [4.78, 5) is 0. The second kappa shape index (κ2) is 5.72. The minimum atomic E-state index is 0.595. The quantitative estimate of drug-likeness (QED) is 0.759. The molecule has 0 saturated carbocycles. The molecular formula is C17H21N. The van der Waals surface area contributed by atoms with Gasteiger partial charge in [0.15, 0.2) is 0 Å². The Morgan fingerprint density at radius 2 is 1.78 bits per heavy atom. The fraction of sp³-hybridized carbons (Fsp3) is 0.294. The number of anilines is 1. The maximum absolute atomic E-state index is 6.10. The van der Waals surface area contributed by atoms with Gasteiger partial charge in [0.05, 0.1) is 0 Å². The van der Waals surface area contributed by atoms with Crippen molar-refractivity contribution in [2.24, 2.45) is 0 Å². The molecule has 1 nitrogen and oxygen atoms in total. The van der Waals surface area contributed by atoms with Crippen molar-refractivity contribution in [2.45, 2.75) is 32.6 Å². The first-order valence-electron chi connectivity index (χ1n) is 6.67. The average Bonchev–Trinajstić information content (AvgIpc) is 2.40. The van der Waals surface area contributed by atoms with Gasteiger partial charge in [0.25, 0.3) is 0 Å². The Bertz CT molecular complexity index is 502. The second-order valence-corrected chi connectivity index (χ2v) is 4.90. The van der Waals surface area contributed by atoms with Gasteiger partial charge in [-0.2, -0.15) is 0 Å². The number of hydrogen-bond acceptors (Lipinski definition) is 1. The van der Waals surface area contributed by atoms with E-state index in [-0.39, 0.29) is 0 Å². The molecule has 0 aliphatic heterocycles. The molecule has 0 aliphatic carbocycles. The predicted molar refractivity (Wildman–Crippen MR) is 79.6 cm³/mol. The Hall–Kier alpha value is -1.76. The van der Waals surface area contributed by atoms with Gasteiger partial charge in [0.1, 0.15) is 0 Å². The molecular weight excluding hydrogens is 218 g/mol. The van der Waals surface area contributed by atoms with Gasteiger partial charge in [-0.25, -0.2) is 0 Å². The van der Waals surface area contributed by atoms with Gasteiger partial charge in [-0.05, 0) is 35.6 Å². The molecule has 0 aromatic heterocycles. The zero-order valence-electron chi connectivity index (χ0n) is 11.2. The Balaban J connectivity index is 2.39. The van der Waals surface area contributed by atoms with Crippen LogP contribution in [0.15, 0.2) is 48.5 Å². The number of benzene rings is 2. The van der Waals surface area contributed by atoms with Crippen molar-refractivity contribution < 1.29 is 0 Å². The fourth-order valence-electron chi connectivity index (χ4n) is 2.35. The minimum Gasteiger partial charge on any atom is -0.398 e. The zero-order chi connectivity index (χ0) is 13.0. The van der Waals surface area contributed by atoms with Crippen LogP contribution in [0.4, 0.5) is 5.69 Å². The summed E-state index contributed by atoms with van der Waals surface area (Å²) in [6, 6.07) is 16.8. The lowest BCUT2D eigenvalue weighted by atomic mass is 9.92. The van der Waals surface area contributed by atoms with E-state index in [1.54, 1.807) is 0 Å². The molecule has 18 heavy (non-hydrogen) atoms. The normalized spacial score (nSPS) is 12.3. The van der Waals surface area contributed by atoms with E-state index in [4.69, 9.17) is 5.73 Å². The van der Waals surface area contributed by atoms with Crippen LogP contribution < -0.4 is 5.73 Å². The second-order valence-electron chi connectivity index (χ2n) is 4.90. The highest BCUT2D eigenvalue weighted by Gasteiger charge is 2.08. The average molecular weight is 239 g/mol. The first-order chi connectivity index (χ1) is 8.72. The number of nitrogen functional groups attached to an aromatic ring is 1. The van der Waals surface area contributed by atoms with Gasteiger partial charge in [0, 0.05) is 11.3 Å². The standard InChI is InChI=1S/C17H21N/c1-3-7-13(2)15-10-11-17(18)16(12-15)14-8-5-4-6-9-14/h4-6,8-13H,3,7,18H2,1-2H3.